The van der Waals surface area contributed by atoms with Crippen molar-refractivity contribution in [3.8, 4) is 0 Å². The van der Waals surface area contributed by atoms with Crippen molar-refractivity contribution in [3.05, 3.63) is 58.1 Å². The summed E-state index contributed by atoms with van der Waals surface area (Å²) in [7, 11) is -2.05. The molecular weight excluding hydrogens is 416 g/mol. The monoisotopic (exact) mass is 437 g/mol. The Hall–Kier alpha value is -2.03. The minimum Gasteiger partial charge on any atom is -0.301 e. The standard InChI is InChI=1S/C20H21F6NOS/c1-11-6-13(18(3,4)5)7-12(2)17(11)29(28)27-16-9-14(19(21,22)23)8-15(10-16)20(24,25)26/h6-10,27H,1-5H3. The Morgan fingerprint density at radius 3 is 1.48 bits per heavy atom. The summed E-state index contributed by atoms with van der Waals surface area (Å²) in [6.07, 6.45) is -9.95. The summed E-state index contributed by atoms with van der Waals surface area (Å²) in [5.41, 5.74) is -1.40. The van der Waals surface area contributed by atoms with E-state index in [-0.39, 0.29) is 11.5 Å². The smallest absolute Gasteiger partial charge is 0.301 e. The number of rotatable bonds is 3. The number of halogens is 6. The van der Waals surface area contributed by atoms with Gasteiger partial charge in [0.25, 0.3) is 0 Å². The number of anilines is 1. The number of hydrogen-bond donors (Lipinski definition) is 1. The second-order valence-corrected chi connectivity index (χ2v) is 9.00. The zero-order valence-electron chi connectivity index (χ0n) is 16.5. The number of benzene rings is 2. The van der Waals surface area contributed by atoms with E-state index in [1.165, 1.54) is 0 Å². The van der Waals surface area contributed by atoms with Crippen LogP contribution in [-0.2, 0) is 28.8 Å². The van der Waals surface area contributed by atoms with Gasteiger partial charge in [-0.05, 0) is 54.2 Å². The molecule has 0 bridgehead atoms. The Bertz CT molecular complexity index is 886. The molecule has 2 aromatic carbocycles. The highest BCUT2D eigenvalue weighted by molar-refractivity contribution is 7.86. The Kier molecular flexibility index (Phi) is 6.14. The van der Waals surface area contributed by atoms with E-state index < -0.39 is 40.2 Å². The first kappa shape index (κ1) is 23.3. The summed E-state index contributed by atoms with van der Waals surface area (Å²) in [6.45, 7) is 9.39. The largest absolute Gasteiger partial charge is 0.416 e. The molecule has 29 heavy (non-hydrogen) atoms. The molecule has 0 saturated carbocycles. The van der Waals surface area contributed by atoms with Crippen LogP contribution in [0.15, 0.2) is 35.2 Å². The maximum absolute atomic E-state index is 13.0. The summed E-state index contributed by atoms with van der Waals surface area (Å²) in [4.78, 5) is 0.323. The first-order valence-electron chi connectivity index (χ1n) is 8.60. The highest BCUT2D eigenvalue weighted by atomic mass is 32.2. The van der Waals surface area contributed by atoms with Gasteiger partial charge in [-0.2, -0.15) is 26.3 Å². The fourth-order valence-electron chi connectivity index (χ4n) is 2.85. The molecule has 0 aliphatic rings. The van der Waals surface area contributed by atoms with Crippen LogP contribution in [0.1, 0.15) is 48.6 Å². The highest BCUT2D eigenvalue weighted by Gasteiger charge is 2.37. The fourth-order valence-corrected chi connectivity index (χ4v) is 3.98. The number of hydrogen-bond acceptors (Lipinski definition) is 1. The molecule has 1 N–H and O–H groups in total. The molecule has 1 unspecified atom stereocenters. The summed E-state index contributed by atoms with van der Waals surface area (Å²) in [5, 5.41) is 0. The molecule has 2 nitrogen and oxygen atoms in total. The third-order valence-electron chi connectivity index (χ3n) is 4.31. The maximum atomic E-state index is 13.0. The van der Waals surface area contributed by atoms with Crippen LogP contribution in [0.4, 0.5) is 32.0 Å². The first-order chi connectivity index (χ1) is 13.0. The maximum Gasteiger partial charge on any atom is 0.416 e. The van der Waals surface area contributed by atoms with Crippen LogP contribution >= 0.6 is 0 Å². The van der Waals surface area contributed by atoms with Gasteiger partial charge in [0.05, 0.1) is 16.0 Å². The van der Waals surface area contributed by atoms with Crippen LogP contribution in [0.5, 0.6) is 0 Å². The van der Waals surface area contributed by atoms with Crippen molar-refractivity contribution in [2.75, 3.05) is 4.72 Å². The minimum atomic E-state index is -4.97. The van der Waals surface area contributed by atoms with Gasteiger partial charge >= 0.3 is 12.4 Å². The lowest BCUT2D eigenvalue weighted by Gasteiger charge is -2.22. The number of nitrogens with one attached hydrogen (secondary N) is 1. The van der Waals surface area contributed by atoms with Gasteiger partial charge in [0.1, 0.15) is 0 Å². The Balaban J connectivity index is 2.48. The van der Waals surface area contributed by atoms with Crippen LogP contribution in [0.2, 0.25) is 0 Å². The molecule has 0 amide bonds. The van der Waals surface area contributed by atoms with Crippen molar-refractivity contribution in [1.29, 1.82) is 0 Å². The first-order valence-corrected chi connectivity index (χ1v) is 9.75. The molecule has 0 heterocycles. The van der Waals surface area contributed by atoms with E-state index in [2.05, 4.69) is 4.72 Å². The normalized spacial score (nSPS) is 14.0. The Morgan fingerprint density at radius 2 is 1.14 bits per heavy atom. The zero-order valence-corrected chi connectivity index (χ0v) is 17.3. The van der Waals surface area contributed by atoms with Crippen molar-refractivity contribution in [3.63, 3.8) is 0 Å². The van der Waals surface area contributed by atoms with Gasteiger partial charge in [0, 0.05) is 5.69 Å². The lowest BCUT2D eigenvalue weighted by Crippen LogP contribution is -2.15. The second-order valence-electron chi connectivity index (χ2n) is 7.85. The lowest BCUT2D eigenvalue weighted by molar-refractivity contribution is -0.143. The van der Waals surface area contributed by atoms with Gasteiger partial charge in [0.2, 0.25) is 0 Å². The third kappa shape index (κ3) is 5.52. The summed E-state index contributed by atoms with van der Waals surface area (Å²) >= 11 is 0. The fraction of sp³-hybridized carbons (Fsp3) is 0.400. The number of alkyl halides is 6. The molecule has 2 rings (SSSR count). The molecule has 0 aliphatic heterocycles. The molecule has 0 radical (unpaired) electrons. The van der Waals surface area contributed by atoms with E-state index in [4.69, 9.17) is 0 Å². The van der Waals surface area contributed by atoms with Crippen LogP contribution in [0.25, 0.3) is 0 Å². The summed E-state index contributed by atoms with van der Waals surface area (Å²) in [6, 6.07) is 4.69. The molecule has 0 spiro atoms. The molecule has 0 aliphatic carbocycles. The van der Waals surface area contributed by atoms with Crippen LogP contribution in [0.3, 0.4) is 0 Å². The van der Waals surface area contributed by atoms with Crippen LogP contribution in [0, 0.1) is 13.8 Å². The lowest BCUT2D eigenvalue weighted by atomic mass is 9.85. The topological polar surface area (TPSA) is 29.1 Å². The van der Waals surface area contributed by atoms with Crippen molar-refractivity contribution < 1.29 is 30.6 Å². The quantitative estimate of drug-likeness (QED) is 0.528. The van der Waals surface area contributed by atoms with Gasteiger partial charge < -0.3 is 4.72 Å². The van der Waals surface area contributed by atoms with Crippen LogP contribution in [-0.4, -0.2) is 4.21 Å². The molecule has 9 heteroatoms. The predicted molar refractivity (Wildman–Crippen MR) is 101 cm³/mol. The van der Waals surface area contributed by atoms with Crippen molar-refractivity contribution in [2.24, 2.45) is 0 Å². The highest BCUT2D eigenvalue weighted by Crippen LogP contribution is 2.38. The van der Waals surface area contributed by atoms with E-state index in [0.717, 1.165) is 5.56 Å². The molecule has 2 aromatic rings. The van der Waals surface area contributed by atoms with Gasteiger partial charge in [-0.3, -0.25) is 0 Å². The van der Waals surface area contributed by atoms with E-state index in [0.29, 0.717) is 28.2 Å². The number of aryl methyl sites for hydroxylation is 2. The van der Waals surface area contributed by atoms with Gasteiger partial charge in [-0.15, -0.1) is 0 Å². The van der Waals surface area contributed by atoms with Gasteiger partial charge in [-0.1, -0.05) is 32.9 Å². The van der Waals surface area contributed by atoms with E-state index >= 15 is 0 Å². The molecule has 0 saturated heterocycles. The zero-order chi connectivity index (χ0) is 22.4. The van der Waals surface area contributed by atoms with Gasteiger partial charge in [0.15, 0.2) is 11.0 Å². The predicted octanol–water partition coefficient (Wildman–Crippen LogP) is 6.77. The Labute approximate surface area is 167 Å². The molecule has 160 valence electrons. The van der Waals surface area contributed by atoms with E-state index in [9.17, 15) is 30.6 Å². The summed E-state index contributed by atoms with van der Waals surface area (Å²) in [5.74, 6) is 0. The van der Waals surface area contributed by atoms with Crippen molar-refractivity contribution in [1.82, 2.24) is 0 Å². The summed E-state index contributed by atoms with van der Waals surface area (Å²) < 4.78 is 93.1. The van der Waals surface area contributed by atoms with Crippen molar-refractivity contribution >= 4 is 16.7 Å². The van der Waals surface area contributed by atoms with Crippen molar-refractivity contribution in [2.45, 2.75) is 57.3 Å². The second kappa shape index (κ2) is 7.66. The molecule has 0 fully saturated rings. The molecule has 0 aromatic heterocycles. The minimum absolute atomic E-state index is 0.0305. The Morgan fingerprint density at radius 1 is 0.724 bits per heavy atom. The average Bonchev–Trinajstić information content (AvgIpc) is 2.51. The van der Waals surface area contributed by atoms with Gasteiger partial charge in [-0.25, -0.2) is 4.21 Å². The average molecular weight is 437 g/mol. The van der Waals surface area contributed by atoms with E-state index in [1.54, 1.807) is 13.8 Å². The SMILES string of the molecule is Cc1cc(C(C)(C)C)cc(C)c1S(=O)Nc1cc(C(F)(F)F)cc(C(F)(F)F)c1. The van der Waals surface area contributed by atoms with Crippen LogP contribution < -0.4 is 4.72 Å². The van der Waals surface area contributed by atoms with E-state index in [1.807, 2.05) is 32.9 Å². The molecular formula is C20H21F6NOS. The molecule has 1 atom stereocenters. The third-order valence-corrected chi connectivity index (χ3v) is 5.75.